The van der Waals surface area contributed by atoms with Gasteiger partial charge in [-0.3, -0.25) is 0 Å². The lowest BCUT2D eigenvalue weighted by atomic mass is 10.3. The van der Waals surface area contributed by atoms with Crippen LogP contribution in [0.3, 0.4) is 0 Å². The van der Waals surface area contributed by atoms with Crippen molar-refractivity contribution in [2.45, 2.75) is 0 Å². The van der Waals surface area contributed by atoms with E-state index >= 15 is 0 Å². The summed E-state index contributed by atoms with van der Waals surface area (Å²) in [4.78, 5) is 14.7. The molecule has 1 heterocycles. The Morgan fingerprint density at radius 1 is 1.50 bits per heavy atom. The number of carbonyl (C=O) groups is 1. The van der Waals surface area contributed by atoms with Crippen molar-refractivity contribution in [3.05, 3.63) is 24.3 Å². The third-order valence-electron chi connectivity index (χ3n) is 1.92. The van der Waals surface area contributed by atoms with Crippen LogP contribution in [0.2, 0.25) is 0 Å². The number of thiazole rings is 1. The third-order valence-corrected chi connectivity index (χ3v) is 2.91. The van der Waals surface area contributed by atoms with Crippen LogP contribution in [-0.4, -0.2) is 24.2 Å². The molecule has 0 unspecified atom stereocenters. The number of nitrogens with two attached hydrogens (primary N) is 1. The Hall–Kier alpha value is -1.82. The van der Waals surface area contributed by atoms with Gasteiger partial charge in [-0.05, 0) is 12.1 Å². The molecule has 0 aliphatic heterocycles. The van der Waals surface area contributed by atoms with Gasteiger partial charge in [-0.15, -0.1) is 0 Å². The number of ether oxygens (including phenoxy) is 1. The van der Waals surface area contributed by atoms with E-state index in [1.807, 2.05) is 24.3 Å². The molecule has 0 spiro atoms. The molecular weight excluding hydrogens is 226 g/mol. The first-order chi connectivity index (χ1) is 7.75. The van der Waals surface area contributed by atoms with Gasteiger partial charge < -0.3 is 15.8 Å². The molecule has 0 saturated heterocycles. The minimum atomic E-state index is -0.758. The summed E-state index contributed by atoms with van der Waals surface area (Å²) < 4.78 is 5.72. The summed E-state index contributed by atoms with van der Waals surface area (Å²) in [5.74, 6) is 0. The number of carbonyl (C=O) groups excluding carboxylic acids is 1. The van der Waals surface area contributed by atoms with Gasteiger partial charge in [-0.25, -0.2) is 9.78 Å². The van der Waals surface area contributed by atoms with E-state index in [1.165, 1.54) is 0 Å². The summed E-state index contributed by atoms with van der Waals surface area (Å²) in [6, 6.07) is 7.89. The number of hydrogen-bond donors (Lipinski definition) is 2. The van der Waals surface area contributed by atoms with Gasteiger partial charge in [0.25, 0.3) is 0 Å². The van der Waals surface area contributed by atoms with Gasteiger partial charge in [0.2, 0.25) is 0 Å². The quantitative estimate of drug-likeness (QED) is 0.795. The fraction of sp³-hybridized carbons (Fsp3) is 0.200. The summed E-state index contributed by atoms with van der Waals surface area (Å²) in [6.45, 7) is 0.744. The van der Waals surface area contributed by atoms with Crippen molar-refractivity contribution in [3.63, 3.8) is 0 Å². The van der Waals surface area contributed by atoms with Crippen LogP contribution in [-0.2, 0) is 4.74 Å². The summed E-state index contributed by atoms with van der Waals surface area (Å²) in [5, 5.41) is 3.88. The molecule has 1 amide bonds. The number of primary amides is 1. The van der Waals surface area contributed by atoms with E-state index in [4.69, 9.17) is 5.73 Å². The second-order valence-corrected chi connectivity index (χ2v) is 4.11. The van der Waals surface area contributed by atoms with Gasteiger partial charge in [0, 0.05) is 0 Å². The molecule has 1 aromatic carbocycles. The van der Waals surface area contributed by atoms with E-state index in [0.717, 1.165) is 15.3 Å². The molecular formula is C10H11N3O2S. The molecule has 0 aliphatic carbocycles. The zero-order valence-corrected chi connectivity index (χ0v) is 9.29. The van der Waals surface area contributed by atoms with Crippen LogP contribution in [0, 0.1) is 0 Å². The number of fused-ring (bicyclic) bond motifs is 1. The first-order valence-corrected chi connectivity index (χ1v) is 5.59. The number of nitrogens with zero attached hydrogens (tertiary/aromatic N) is 1. The molecule has 0 radical (unpaired) electrons. The smallest absolute Gasteiger partial charge is 0.404 e. The molecule has 0 bridgehead atoms. The first kappa shape index (κ1) is 10.7. The monoisotopic (exact) mass is 237 g/mol. The number of benzene rings is 1. The van der Waals surface area contributed by atoms with Crippen LogP contribution >= 0.6 is 11.3 Å². The standard InChI is InChI=1S/C10H11N3O2S/c11-9(14)15-6-5-12-10-13-7-3-1-2-4-8(7)16-10/h1-4H,5-6H2,(H2,11,14)(H,12,13). The number of para-hydroxylation sites is 1. The largest absolute Gasteiger partial charge is 0.448 e. The molecule has 6 heteroatoms. The SMILES string of the molecule is NC(=O)OCCNc1nc2ccccc2s1. The van der Waals surface area contributed by atoms with Crippen molar-refractivity contribution in [2.75, 3.05) is 18.5 Å². The number of rotatable bonds is 4. The molecule has 5 nitrogen and oxygen atoms in total. The lowest BCUT2D eigenvalue weighted by Gasteiger charge is -2.01. The molecule has 1 aromatic heterocycles. The summed E-state index contributed by atoms with van der Waals surface area (Å²) >= 11 is 1.56. The minimum absolute atomic E-state index is 0.241. The maximum absolute atomic E-state index is 10.3. The van der Waals surface area contributed by atoms with Crippen LogP contribution in [0.1, 0.15) is 0 Å². The second kappa shape index (κ2) is 4.80. The van der Waals surface area contributed by atoms with Crippen LogP contribution in [0.15, 0.2) is 24.3 Å². The predicted octanol–water partition coefficient (Wildman–Crippen LogP) is 1.80. The molecule has 0 saturated carbocycles. The number of nitrogens with one attached hydrogen (secondary N) is 1. The second-order valence-electron chi connectivity index (χ2n) is 3.08. The van der Waals surface area contributed by atoms with E-state index in [9.17, 15) is 4.79 Å². The summed E-state index contributed by atoms with van der Waals surface area (Å²) in [5.41, 5.74) is 5.79. The molecule has 0 aliphatic rings. The topological polar surface area (TPSA) is 77.2 Å². The average Bonchev–Trinajstić information content (AvgIpc) is 2.66. The van der Waals surface area contributed by atoms with E-state index < -0.39 is 6.09 Å². The summed E-state index contributed by atoms with van der Waals surface area (Å²) in [7, 11) is 0. The van der Waals surface area contributed by atoms with Gasteiger partial charge in [-0.2, -0.15) is 0 Å². The van der Waals surface area contributed by atoms with Crippen molar-refractivity contribution in [1.82, 2.24) is 4.98 Å². The Bertz CT molecular complexity index is 465. The van der Waals surface area contributed by atoms with Crippen LogP contribution in [0.25, 0.3) is 10.2 Å². The Balaban J connectivity index is 1.92. The van der Waals surface area contributed by atoms with Gasteiger partial charge in [0.05, 0.1) is 16.8 Å². The lowest BCUT2D eigenvalue weighted by Crippen LogP contribution is -2.18. The van der Waals surface area contributed by atoms with E-state index in [1.54, 1.807) is 11.3 Å². The Morgan fingerprint density at radius 2 is 2.31 bits per heavy atom. The van der Waals surface area contributed by atoms with E-state index in [2.05, 4.69) is 15.0 Å². The predicted molar refractivity (Wildman–Crippen MR) is 63.6 cm³/mol. The molecule has 84 valence electrons. The lowest BCUT2D eigenvalue weighted by molar-refractivity contribution is 0.161. The van der Waals surface area contributed by atoms with Crippen molar-refractivity contribution in [1.29, 1.82) is 0 Å². The molecule has 2 aromatic rings. The number of hydrogen-bond acceptors (Lipinski definition) is 5. The Labute approximate surface area is 96.2 Å². The number of amides is 1. The highest BCUT2D eigenvalue weighted by Gasteiger charge is 2.01. The molecule has 0 atom stereocenters. The fourth-order valence-corrected chi connectivity index (χ4v) is 2.15. The maximum atomic E-state index is 10.3. The van der Waals surface area contributed by atoms with Crippen LogP contribution < -0.4 is 11.1 Å². The fourth-order valence-electron chi connectivity index (χ4n) is 1.26. The van der Waals surface area contributed by atoms with Crippen LogP contribution in [0.5, 0.6) is 0 Å². The molecule has 16 heavy (non-hydrogen) atoms. The van der Waals surface area contributed by atoms with Gasteiger partial charge >= 0.3 is 6.09 Å². The molecule has 2 rings (SSSR count). The minimum Gasteiger partial charge on any atom is -0.448 e. The number of aromatic nitrogens is 1. The van der Waals surface area contributed by atoms with Gasteiger partial charge in [-0.1, -0.05) is 23.5 Å². The highest BCUT2D eigenvalue weighted by molar-refractivity contribution is 7.22. The normalized spacial score (nSPS) is 10.2. The summed E-state index contributed by atoms with van der Waals surface area (Å²) in [6.07, 6.45) is -0.758. The zero-order chi connectivity index (χ0) is 11.4. The van der Waals surface area contributed by atoms with Crippen molar-refractivity contribution < 1.29 is 9.53 Å². The molecule has 3 N–H and O–H groups in total. The molecule has 0 fully saturated rings. The van der Waals surface area contributed by atoms with Crippen LogP contribution in [0.4, 0.5) is 9.93 Å². The van der Waals surface area contributed by atoms with E-state index in [-0.39, 0.29) is 6.61 Å². The average molecular weight is 237 g/mol. The van der Waals surface area contributed by atoms with Crippen molar-refractivity contribution >= 4 is 32.8 Å². The maximum Gasteiger partial charge on any atom is 0.404 e. The number of anilines is 1. The highest BCUT2D eigenvalue weighted by atomic mass is 32.1. The first-order valence-electron chi connectivity index (χ1n) is 4.77. The van der Waals surface area contributed by atoms with Gasteiger partial charge in [0.15, 0.2) is 5.13 Å². The highest BCUT2D eigenvalue weighted by Crippen LogP contribution is 2.24. The van der Waals surface area contributed by atoms with E-state index in [0.29, 0.717) is 6.54 Å². The van der Waals surface area contributed by atoms with Gasteiger partial charge in [0.1, 0.15) is 6.61 Å². The van der Waals surface area contributed by atoms with Crippen molar-refractivity contribution in [2.24, 2.45) is 5.73 Å². The van der Waals surface area contributed by atoms with Crippen molar-refractivity contribution in [3.8, 4) is 0 Å². The Kier molecular flexibility index (Phi) is 3.21. The zero-order valence-electron chi connectivity index (χ0n) is 8.47. The third kappa shape index (κ3) is 2.60. The Morgan fingerprint density at radius 3 is 3.06 bits per heavy atom.